The Bertz CT molecular complexity index is 1120. The monoisotopic (exact) mass is 374 g/mol. The summed E-state index contributed by atoms with van der Waals surface area (Å²) in [7, 11) is 0. The van der Waals surface area contributed by atoms with Crippen molar-refractivity contribution in [2.75, 3.05) is 13.1 Å². The second-order valence-electron chi connectivity index (χ2n) is 7.96. The summed E-state index contributed by atoms with van der Waals surface area (Å²) in [5.74, 6) is 2.49. The summed E-state index contributed by atoms with van der Waals surface area (Å²) in [6, 6.07) is 10.4. The standard InChI is InChI=1S/C23H26N4O/c1-15-5-6-18-19(14-15)25-16(2)21-22(18)27(12-9-17-7-10-24-11-8-17)23(26-21)20-4-3-13-28-20/h3-6,13-14,17,24H,7-12H2,1-2H3. The van der Waals surface area contributed by atoms with Crippen molar-refractivity contribution in [1.82, 2.24) is 19.9 Å². The molecule has 4 heterocycles. The first-order chi connectivity index (χ1) is 13.7. The average molecular weight is 374 g/mol. The number of fused-ring (bicyclic) bond motifs is 3. The van der Waals surface area contributed by atoms with Gasteiger partial charge in [-0.1, -0.05) is 12.1 Å². The average Bonchev–Trinajstić information content (AvgIpc) is 3.35. The lowest BCUT2D eigenvalue weighted by atomic mass is 9.94. The van der Waals surface area contributed by atoms with Crippen LogP contribution in [-0.2, 0) is 6.54 Å². The maximum atomic E-state index is 5.74. The molecule has 0 radical (unpaired) electrons. The van der Waals surface area contributed by atoms with E-state index in [1.807, 2.05) is 12.1 Å². The minimum Gasteiger partial charge on any atom is -0.461 e. The van der Waals surface area contributed by atoms with Gasteiger partial charge in [-0.25, -0.2) is 4.98 Å². The van der Waals surface area contributed by atoms with Gasteiger partial charge in [0.25, 0.3) is 0 Å². The van der Waals surface area contributed by atoms with Crippen LogP contribution < -0.4 is 5.32 Å². The molecule has 1 fully saturated rings. The second-order valence-corrected chi connectivity index (χ2v) is 7.96. The summed E-state index contributed by atoms with van der Waals surface area (Å²) in [6.07, 6.45) is 5.39. The zero-order valence-electron chi connectivity index (χ0n) is 16.5. The Morgan fingerprint density at radius 3 is 2.79 bits per heavy atom. The zero-order chi connectivity index (χ0) is 19.1. The van der Waals surface area contributed by atoms with Crippen LogP contribution in [0.1, 0.15) is 30.5 Å². The highest BCUT2D eigenvalue weighted by Crippen LogP contribution is 2.33. The van der Waals surface area contributed by atoms with Gasteiger partial charge >= 0.3 is 0 Å². The first-order valence-electron chi connectivity index (χ1n) is 10.2. The summed E-state index contributed by atoms with van der Waals surface area (Å²) < 4.78 is 8.10. The van der Waals surface area contributed by atoms with E-state index in [4.69, 9.17) is 14.4 Å². The number of benzene rings is 1. The molecule has 5 nitrogen and oxygen atoms in total. The predicted molar refractivity (Wildman–Crippen MR) is 112 cm³/mol. The normalized spacial score (nSPS) is 15.6. The maximum Gasteiger partial charge on any atom is 0.177 e. The van der Waals surface area contributed by atoms with E-state index in [0.717, 1.165) is 60.3 Å². The number of furan rings is 1. The number of hydrogen-bond acceptors (Lipinski definition) is 4. The van der Waals surface area contributed by atoms with Crippen LogP contribution >= 0.6 is 0 Å². The van der Waals surface area contributed by atoms with Crippen molar-refractivity contribution in [3.05, 3.63) is 47.9 Å². The van der Waals surface area contributed by atoms with Crippen LogP contribution in [0.25, 0.3) is 33.5 Å². The van der Waals surface area contributed by atoms with Crippen molar-refractivity contribution in [3.63, 3.8) is 0 Å². The molecule has 144 valence electrons. The number of imidazole rings is 1. The third-order valence-corrected chi connectivity index (χ3v) is 5.97. The summed E-state index contributed by atoms with van der Waals surface area (Å²) in [6.45, 7) is 7.38. The van der Waals surface area contributed by atoms with E-state index in [1.54, 1.807) is 6.26 Å². The van der Waals surface area contributed by atoms with Crippen LogP contribution in [-0.4, -0.2) is 27.6 Å². The van der Waals surface area contributed by atoms with Crippen LogP contribution in [0.15, 0.2) is 41.0 Å². The zero-order valence-corrected chi connectivity index (χ0v) is 16.5. The molecule has 1 aliphatic heterocycles. The number of pyridine rings is 1. The molecule has 0 atom stereocenters. The Morgan fingerprint density at radius 2 is 2.00 bits per heavy atom. The number of aromatic nitrogens is 3. The van der Waals surface area contributed by atoms with Gasteiger partial charge in [-0.3, -0.25) is 4.98 Å². The van der Waals surface area contributed by atoms with E-state index in [1.165, 1.54) is 29.3 Å². The first kappa shape index (κ1) is 17.4. The molecule has 3 aromatic heterocycles. The Kier molecular flexibility index (Phi) is 4.40. The Hall–Kier alpha value is -2.66. The molecule has 0 spiro atoms. The molecule has 0 bridgehead atoms. The summed E-state index contributed by atoms with van der Waals surface area (Å²) in [5.41, 5.74) is 5.40. The minimum absolute atomic E-state index is 0.764. The van der Waals surface area contributed by atoms with Crippen LogP contribution in [0, 0.1) is 19.8 Å². The van der Waals surface area contributed by atoms with Gasteiger partial charge in [0, 0.05) is 11.9 Å². The quantitative estimate of drug-likeness (QED) is 0.555. The van der Waals surface area contributed by atoms with Gasteiger partial charge < -0.3 is 14.3 Å². The van der Waals surface area contributed by atoms with Gasteiger partial charge in [0.15, 0.2) is 11.6 Å². The molecular weight excluding hydrogens is 348 g/mol. The smallest absolute Gasteiger partial charge is 0.177 e. The fraction of sp³-hybridized carbons (Fsp3) is 0.391. The molecule has 0 aliphatic carbocycles. The summed E-state index contributed by atoms with van der Waals surface area (Å²) in [4.78, 5) is 9.82. The molecule has 1 aliphatic rings. The predicted octanol–water partition coefficient (Wildman–Crippen LogP) is 4.85. The second kappa shape index (κ2) is 7.06. The third-order valence-electron chi connectivity index (χ3n) is 5.97. The number of hydrogen-bond donors (Lipinski definition) is 1. The molecule has 0 unspecified atom stereocenters. The van der Waals surface area contributed by atoms with Gasteiger partial charge in [-0.2, -0.15) is 0 Å². The Labute approximate surface area is 164 Å². The van der Waals surface area contributed by atoms with Gasteiger partial charge in [0.1, 0.15) is 5.52 Å². The molecule has 1 N–H and O–H groups in total. The number of nitrogens with one attached hydrogen (secondary N) is 1. The third kappa shape index (κ3) is 3.00. The van der Waals surface area contributed by atoms with Crippen LogP contribution in [0.5, 0.6) is 0 Å². The van der Waals surface area contributed by atoms with Crippen molar-refractivity contribution in [2.24, 2.45) is 5.92 Å². The van der Waals surface area contributed by atoms with Crippen molar-refractivity contribution in [2.45, 2.75) is 39.7 Å². The summed E-state index contributed by atoms with van der Waals surface area (Å²) >= 11 is 0. The number of piperidine rings is 1. The molecule has 5 heteroatoms. The van der Waals surface area contributed by atoms with E-state index in [-0.39, 0.29) is 0 Å². The fourth-order valence-electron chi connectivity index (χ4n) is 4.44. The van der Waals surface area contributed by atoms with Crippen molar-refractivity contribution in [1.29, 1.82) is 0 Å². The van der Waals surface area contributed by atoms with E-state index >= 15 is 0 Å². The van der Waals surface area contributed by atoms with Gasteiger partial charge in [-0.05, 0) is 75.9 Å². The lowest BCUT2D eigenvalue weighted by Gasteiger charge is -2.23. The Balaban J connectivity index is 1.69. The SMILES string of the molecule is Cc1ccc2c(c1)nc(C)c1nc(-c3ccco3)n(CCC3CCNCC3)c12. The maximum absolute atomic E-state index is 5.74. The van der Waals surface area contributed by atoms with Gasteiger partial charge in [-0.15, -0.1) is 0 Å². The lowest BCUT2D eigenvalue weighted by molar-refractivity contribution is 0.339. The van der Waals surface area contributed by atoms with Crippen LogP contribution in [0.3, 0.4) is 0 Å². The molecule has 28 heavy (non-hydrogen) atoms. The lowest BCUT2D eigenvalue weighted by Crippen LogP contribution is -2.28. The van der Waals surface area contributed by atoms with E-state index in [2.05, 4.69) is 41.9 Å². The van der Waals surface area contributed by atoms with E-state index < -0.39 is 0 Å². The first-order valence-corrected chi connectivity index (χ1v) is 10.2. The molecule has 1 saturated heterocycles. The number of rotatable bonds is 4. The highest BCUT2D eigenvalue weighted by atomic mass is 16.3. The van der Waals surface area contributed by atoms with Crippen LogP contribution in [0.2, 0.25) is 0 Å². The number of nitrogens with zero attached hydrogens (tertiary/aromatic N) is 3. The fourth-order valence-corrected chi connectivity index (χ4v) is 4.44. The molecule has 1 aromatic carbocycles. The highest BCUT2D eigenvalue weighted by molar-refractivity contribution is 6.04. The van der Waals surface area contributed by atoms with Crippen molar-refractivity contribution in [3.8, 4) is 11.6 Å². The minimum atomic E-state index is 0.764. The van der Waals surface area contributed by atoms with Gasteiger partial charge in [0.2, 0.25) is 0 Å². The molecule has 0 amide bonds. The molecule has 0 saturated carbocycles. The van der Waals surface area contributed by atoms with Crippen molar-refractivity contribution < 1.29 is 4.42 Å². The topological polar surface area (TPSA) is 55.9 Å². The van der Waals surface area contributed by atoms with Crippen molar-refractivity contribution >= 4 is 21.9 Å². The van der Waals surface area contributed by atoms with Gasteiger partial charge in [0.05, 0.1) is 23.0 Å². The summed E-state index contributed by atoms with van der Waals surface area (Å²) in [5, 5.41) is 4.63. The van der Waals surface area contributed by atoms with E-state index in [0.29, 0.717) is 0 Å². The highest BCUT2D eigenvalue weighted by Gasteiger charge is 2.21. The Morgan fingerprint density at radius 1 is 1.14 bits per heavy atom. The number of aryl methyl sites for hydroxylation is 3. The van der Waals surface area contributed by atoms with E-state index in [9.17, 15) is 0 Å². The molecule has 5 rings (SSSR count). The molecule has 4 aromatic rings. The largest absolute Gasteiger partial charge is 0.461 e. The molecular formula is C23H26N4O. The van der Waals surface area contributed by atoms with Crippen LogP contribution in [0.4, 0.5) is 0 Å².